The van der Waals surface area contributed by atoms with Crippen molar-refractivity contribution in [2.75, 3.05) is 18.5 Å². The van der Waals surface area contributed by atoms with E-state index < -0.39 is 23.1 Å². The number of para-hydroxylation sites is 1. The number of nitrogens with zero attached hydrogens (tertiary/aromatic N) is 4. The molecule has 1 amide bonds. The van der Waals surface area contributed by atoms with Crippen molar-refractivity contribution in [1.29, 1.82) is 0 Å². The lowest BCUT2D eigenvalue weighted by atomic mass is 10.1. The van der Waals surface area contributed by atoms with E-state index in [0.717, 1.165) is 10.0 Å². The summed E-state index contributed by atoms with van der Waals surface area (Å²) in [5, 5.41) is 19.6. The average Bonchev–Trinajstić information content (AvgIpc) is 2.97. The summed E-state index contributed by atoms with van der Waals surface area (Å²) in [6.07, 6.45) is 2.05. The molecule has 218 valence electrons. The number of carbonyl (C=O) groups excluding carboxylic acids is 1. The zero-order chi connectivity index (χ0) is 30.4. The van der Waals surface area contributed by atoms with Gasteiger partial charge < -0.3 is 14.8 Å². The number of nitro groups is 1. The third kappa shape index (κ3) is 6.82. The van der Waals surface area contributed by atoms with Crippen LogP contribution in [0.5, 0.6) is 11.5 Å². The monoisotopic (exact) mass is 635 g/mol. The highest BCUT2D eigenvalue weighted by Gasteiger charge is 2.24. The fourth-order valence-corrected chi connectivity index (χ4v) is 4.53. The third-order valence-corrected chi connectivity index (χ3v) is 7.02. The number of benzene rings is 3. The van der Waals surface area contributed by atoms with Crippen molar-refractivity contribution in [3.8, 4) is 11.5 Å². The number of ether oxygens (including phenoxy) is 2. The summed E-state index contributed by atoms with van der Waals surface area (Å²) in [6.45, 7) is 7.20. The molecule has 12 heteroatoms. The second kappa shape index (κ2) is 13.4. The highest BCUT2D eigenvalue weighted by Crippen LogP contribution is 2.38. The SMILES string of the molecule is CCOc1cc(C=Nn2c([C@H](C)CC)nc3ccc(Br)cc3c2=O)cc([N+](=O)[O-])c1OCC(=O)Nc1ccccc1C. The number of fused-ring (bicyclic) bond motifs is 1. The number of hydrogen-bond donors (Lipinski definition) is 1. The van der Waals surface area contributed by atoms with Gasteiger partial charge in [0.1, 0.15) is 5.82 Å². The quantitative estimate of drug-likeness (QED) is 0.118. The Morgan fingerprint density at radius 2 is 1.95 bits per heavy atom. The van der Waals surface area contributed by atoms with E-state index in [-0.39, 0.29) is 29.6 Å². The molecule has 11 nitrogen and oxygen atoms in total. The lowest BCUT2D eigenvalue weighted by Gasteiger charge is -2.15. The minimum absolute atomic E-state index is 0.0619. The topological polar surface area (TPSA) is 138 Å². The van der Waals surface area contributed by atoms with Crippen molar-refractivity contribution in [3.63, 3.8) is 0 Å². The van der Waals surface area contributed by atoms with E-state index in [1.54, 1.807) is 31.2 Å². The molecular weight excluding hydrogens is 606 g/mol. The van der Waals surface area contributed by atoms with Gasteiger partial charge in [-0.15, -0.1) is 0 Å². The lowest BCUT2D eigenvalue weighted by Crippen LogP contribution is -2.23. The molecule has 0 bridgehead atoms. The Bertz CT molecular complexity index is 1740. The predicted octanol–water partition coefficient (Wildman–Crippen LogP) is 6.19. The number of rotatable bonds is 11. The standard InChI is InChI=1S/C30H30BrN5O6/c1-5-18(3)29-34-24-12-11-21(31)15-22(24)30(38)35(29)32-16-20-13-25(36(39)40)28(26(14-20)41-6-2)42-17-27(37)33-23-10-8-7-9-19(23)4/h7-16,18H,5-6,17H2,1-4H3,(H,33,37)/t18-/m1/s1. The maximum absolute atomic E-state index is 13.4. The molecule has 1 N–H and O–H groups in total. The molecule has 0 aliphatic rings. The van der Waals surface area contributed by atoms with Crippen LogP contribution in [0.25, 0.3) is 10.9 Å². The molecule has 0 saturated heterocycles. The van der Waals surface area contributed by atoms with Crippen LogP contribution in [0, 0.1) is 17.0 Å². The summed E-state index contributed by atoms with van der Waals surface area (Å²) in [4.78, 5) is 42.1. The van der Waals surface area contributed by atoms with Gasteiger partial charge in [0.25, 0.3) is 11.5 Å². The molecule has 1 heterocycles. The predicted molar refractivity (Wildman–Crippen MR) is 165 cm³/mol. The first-order valence-corrected chi connectivity index (χ1v) is 14.1. The minimum atomic E-state index is -0.625. The Morgan fingerprint density at radius 3 is 2.64 bits per heavy atom. The van der Waals surface area contributed by atoms with E-state index in [4.69, 9.17) is 9.47 Å². The number of nitrogens with one attached hydrogen (secondary N) is 1. The number of hydrogen-bond acceptors (Lipinski definition) is 8. The van der Waals surface area contributed by atoms with Gasteiger partial charge in [0.2, 0.25) is 5.75 Å². The van der Waals surface area contributed by atoms with E-state index in [2.05, 4.69) is 31.3 Å². The van der Waals surface area contributed by atoms with Gasteiger partial charge >= 0.3 is 5.69 Å². The largest absolute Gasteiger partial charge is 0.490 e. The van der Waals surface area contributed by atoms with E-state index >= 15 is 0 Å². The van der Waals surface area contributed by atoms with E-state index in [0.29, 0.717) is 34.4 Å². The molecular formula is C30H30BrN5O6. The molecule has 0 unspecified atom stereocenters. The Labute approximate surface area is 250 Å². The molecule has 0 aliphatic heterocycles. The zero-order valence-electron chi connectivity index (χ0n) is 23.6. The molecule has 0 spiro atoms. The average molecular weight is 637 g/mol. The molecule has 1 aromatic heterocycles. The number of aromatic nitrogens is 2. The molecule has 0 saturated carbocycles. The number of halogens is 1. The normalized spacial score (nSPS) is 11.9. The first-order valence-electron chi connectivity index (χ1n) is 13.3. The number of aryl methyl sites for hydroxylation is 1. The Kier molecular flexibility index (Phi) is 9.68. The molecule has 4 aromatic rings. The summed E-state index contributed by atoms with van der Waals surface area (Å²) >= 11 is 3.39. The summed E-state index contributed by atoms with van der Waals surface area (Å²) in [5.74, 6) is -0.231. The fourth-order valence-electron chi connectivity index (χ4n) is 4.17. The van der Waals surface area contributed by atoms with Gasteiger partial charge in [0, 0.05) is 27.7 Å². The van der Waals surface area contributed by atoms with Crippen LogP contribution < -0.4 is 20.3 Å². The summed E-state index contributed by atoms with van der Waals surface area (Å²) in [7, 11) is 0. The first-order chi connectivity index (χ1) is 20.1. The van der Waals surface area contributed by atoms with Crippen molar-refractivity contribution in [1.82, 2.24) is 9.66 Å². The molecule has 42 heavy (non-hydrogen) atoms. The van der Waals surface area contributed by atoms with Gasteiger partial charge in [-0.2, -0.15) is 9.78 Å². The lowest BCUT2D eigenvalue weighted by molar-refractivity contribution is -0.385. The van der Waals surface area contributed by atoms with Crippen molar-refractivity contribution in [2.24, 2.45) is 5.10 Å². The fraction of sp³-hybridized carbons (Fsp3) is 0.267. The third-order valence-electron chi connectivity index (χ3n) is 6.53. The Balaban J connectivity index is 1.71. The zero-order valence-corrected chi connectivity index (χ0v) is 25.2. The van der Waals surface area contributed by atoms with Crippen molar-refractivity contribution < 1.29 is 19.2 Å². The van der Waals surface area contributed by atoms with Crippen LogP contribution in [0.15, 0.2) is 69.0 Å². The van der Waals surface area contributed by atoms with Gasteiger partial charge in [-0.05, 0) is 56.2 Å². The number of amides is 1. The van der Waals surface area contributed by atoms with Crippen LogP contribution in [0.2, 0.25) is 0 Å². The second-order valence-corrected chi connectivity index (χ2v) is 10.4. The van der Waals surface area contributed by atoms with Crippen molar-refractivity contribution >= 4 is 50.3 Å². The summed E-state index contributed by atoms with van der Waals surface area (Å²) in [6, 6.07) is 15.2. The Hall–Kier alpha value is -4.58. The number of carbonyl (C=O) groups is 1. The smallest absolute Gasteiger partial charge is 0.315 e. The molecule has 0 fully saturated rings. The Morgan fingerprint density at radius 1 is 1.19 bits per heavy atom. The molecule has 1 atom stereocenters. The van der Waals surface area contributed by atoms with Crippen LogP contribution in [0.4, 0.5) is 11.4 Å². The summed E-state index contributed by atoms with van der Waals surface area (Å²) < 4.78 is 13.2. The van der Waals surface area contributed by atoms with Gasteiger partial charge in [-0.25, -0.2) is 4.98 Å². The molecule has 4 rings (SSSR count). The van der Waals surface area contributed by atoms with Gasteiger partial charge in [0.05, 0.1) is 28.6 Å². The van der Waals surface area contributed by atoms with Crippen LogP contribution >= 0.6 is 15.9 Å². The van der Waals surface area contributed by atoms with Crippen LogP contribution in [-0.2, 0) is 4.79 Å². The van der Waals surface area contributed by atoms with Gasteiger partial charge in [0.15, 0.2) is 12.4 Å². The molecule has 0 radical (unpaired) electrons. The first kappa shape index (κ1) is 30.4. The molecule has 3 aromatic carbocycles. The highest BCUT2D eigenvalue weighted by atomic mass is 79.9. The van der Waals surface area contributed by atoms with Crippen LogP contribution in [-0.4, -0.2) is 39.9 Å². The summed E-state index contributed by atoms with van der Waals surface area (Å²) in [5.41, 5.74) is 1.53. The van der Waals surface area contributed by atoms with E-state index in [9.17, 15) is 19.7 Å². The molecule has 0 aliphatic carbocycles. The maximum atomic E-state index is 13.4. The highest BCUT2D eigenvalue weighted by molar-refractivity contribution is 9.10. The second-order valence-electron chi connectivity index (χ2n) is 9.51. The van der Waals surface area contributed by atoms with Crippen LogP contribution in [0.3, 0.4) is 0 Å². The van der Waals surface area contributed by atoms with E-state index in [1.807, 2.05) is 39.0 Å². The minimum Gasteiger partial charge on any atom is -0.490 e. The van der Waals surface area contributed by atoms with Gasteiger partial charge in [-0.1, -0.05) is 48.0 Å². The number of nitro benzene ring substituents is 1. The number of anilines is 1. The van der Waals surface area contributed by atoms with Crippen molar-refractivity contribution in [2.45, 2.75) is 40.0 Å². The van der Waals surface area contributed by atoms with E-state index in [1.165, 1.54) is 23.0 Å². The van der Waals surface area contributed by atoms with Crippen molar-refractivity contribution in [3.05, 3.63) is 96.5 Å². The van der Waals surface area contributed by atoms with Crippen LogP contribution in [0.1, 0.15) is 50.1 Å². The maximum Gasteiger partial charge on any atom is 0.315 e. The van der Waals surface area contributed by atoms with Gasteiger partial charge in [-0.3, -0.25) is 19.7 Å².